The summed E-state index contributed by atoms with van der Waals surface area (Å²) >= 11 is 0. The molecule has 1 N–H and O–H groups in total. The number of carbonyl (C=O) groups excluding carboxylic acids is 2. The Morgan fingerprint density at radius 3 is 2.85 bits per heavy atom. The minimum absolute atomic E-state index is 0.00776. The first kappa shape index (κ1) is 18.2. The minimum Gasteiger partial charge on any atom is -0.482 e. The average Bonchev–Trinajstić information content (AvgIpc) is 2.65. The van der Waals surface area contributed by atoms with Crippen LogP contribution in [0.5, 0.6) is 5.75 Å². The zero-order valence-electron chi connectivity index (χ0n) is 14.7. The first-order valence-corrected chi connectivity index (χ1v) is 9.06. The lowest BCUT2D eigenvalue weighted by atomic mass is 9.93. The lowest BCUT2D eigenvalue weighted by molar-refractivity contribution is -0.137. The lowest BCUT2D eigenvalue weighted by Gasteiger charge is -2.34. The van der Waals surface area contributed by atoms with Gasteiger partial charge in [0.2, 0.25) is 5.91 Å². The van der Waals surface area contributed by atoms with Gasteiger partial charge in [0.15, 0.2) is 6.61 Å². The molecule has 0 radical (unpaired) electrons. The molecule has 0 spiro atoms. The molecule has 1 atom stereocenters. The van der Waals surface area contributed by atoms with Gasteiger partial charge in [-0.3, -0.25) is 14.4 Å². The number of fused-ring (bicyclic) bond motifs is 1. The summed E-state index contributed by atoms with van der Waals surface area (Å²) in [6.45, 7) is 1.64. The number of para-hydroxylation sites is 2. The van der Waals surface area contributed by atoms with E-state index < -0.39 is 5.97 Å². The lowest BCUT2D eigenvalue weighted by Crippen LogP contribution is -2.44. The summed E-state index contributed by atoms with van der Waals surface area (Å²) < 4.78 is 5.41. The summed E-state index contributed by atoms with van der Waals surface area (Å²) in [6, 6.07) is 7.32. The standard InChI is InChI=1S/C19H24N2O5/c22-17(20-10-3-4-14(12-20)7-8-19(24)25)9-11-21-15-5-1-2-6-16(15)26-13-18(21)23/h1-2,5-6,14H,3-4,7-13H2,(H,24,25). The second-order valence-corrected chi connectivity index (χ2v) is 6.83. The van der Waals surface area contributed by atoms with E-state index in [0.29, 0.717) is 37.5 Å². The summed E-state index contributed by atoms with van der Waals surface area (Å²) in [5, 5.41) is 8.82. The average molecular weight is 360 g/mol. The summed E-state index contributed by atoms with van der Waals surface area (Å²) in [5.41, 5.74) is 0.703. The van der Waals surface area contributed by atoms with Crippen molar-refractivity contribution in [3.05, 3.63) is 24.3 Å². The van der Waals surface area contributed by atoms with Gasteiger partial charge in [-0.1, -0.05) is 12.1 Å². The molecule has 0 saturated carbocycles. The predicted molar refractivity (Wildman–Crippen MR) is 95.1 cm³/mol. The highest BCUT2D eigenvalue weighted by Gasteiger charge is 2.28. The van der Waals surface area contributed by atoms with E-state index in [9.17, 15) is 14.4 Å². The van der Waals surface area contributed by atoms with Crippen LogP contribution in [0.25, 0.3) is 0 Å². The Labute approximate surface area is 152 Å². The van der Waals surface area contributed by atoms with Crippen molar-refractivity contribution in [2.75, 3.05) is 31.1 Å². The maximum Gasteiger partial charge on any atom is 0.303 e. The quantitative estimate of drug-likeness (QED) is 0.837. The third kappa shape index (κ3) is 4.33. The van der Waals surface area contributed by atoms with Gasteiger partial charge in [-0.25, -0.2) is 0 Å². The van der Waals surface area contributed by atoms with Crippen LogP contribution in [-0.4, -0.2) is 54.0 Å². The zero-order valence-corrected chi connectivity index (χ0v) is 14.7. The first-order valence-electron chi connectivity index (χ1n) is 9.06. The normalized spacial score (nSPS) is 19.7. The molecule has 0 bridgehead atoms. The van der Waals surface area contributed by atoms with Crippen molar-refractivity contribution in [1.82, 2.24) is 4.90 Å². The zero-order chi connectivity index (χ0) is 18.5. The molecule has 0 aromatic heterocycles. The second-order valence-electron chi connectivity index (χ2n) is 6.83. The van der Waals surface area contributed by atoms with Gasteiger partial charge in [-0.2, -0.15) is 0 Å². The number of benzene rings is 1. The second kappa shape index (κ2) is 8.21. The number of hydrogen-bond acceptors (Lipinski definition) is 4. The number of anilines is 1. The number of carbonyl (C=O) groups is 3. The molecule has 1 unspecified atom stereocenters. The molecular formula is C19H24N2O5. The van der Waals surface area contributed by atoms with Crippen molar-refractivity contribution in [2.24, 2.45) is 5.92 Å². The Hall–Kier alpha value is -2.57. The van der Waals surface area contributed by atoms with Gasteiger partial charge >= 0.3 is 5.97 Å². The minimum atomic E-state index is -0.794. The molecule has 1 aromatic rings. The molecule has 140 valence electrons. The van der Waals surface area contributed by atoms with Crippen LogP contribution in [0.3, 0.4) is 0 Å². The molecule has 3 rings (SSSR count). The highest BCUT2D eigenvalue weighted by Crippen LogP contribution is 2.31. The van der Waals surface area contributed by atoms with Gasteiger partial charge in [0.05, 0.1) is 5.69 Å². The number of likely N-dealkylation sites (tertiary alicyclic amines) is 1. The predicted octanol–water partition coefficient (Wildman–Crippen LogP) is 1.91. The van der Waals surface area contributed by atoms with Crippen molar-refractivity contribution in [3.8, 4) is 5.75 Å². The monoisotopic (exact) mass is 360 g/mol. The topological polar surface area (TPSA) is 87.2 Å². The molecule has 2 aliphatic rings. The van der Waals surface area contributed by atoms with Crippen molar-refractivity contribution < 1.29 is 24.2 Å². The number of aliphatic carboxylic acids is 1. The Bertz CT molecular complexity index is 690. The molecule has 2 aliphatic heterocycles. The Morgan fingerprint density at radius 1 is 1.23 bits per heavy atom. The Kier molecular flexibility index (Phi) is 5.75. The molecule has 7 heteroatoms. The fourth-order valence-electron chi connectivity index (χ4n) is 3.62. The largest absolute Gasteiger partial charge is 0.482 e. The summed E-state index contributed by atoms with van der Waals surface area (Å²) in [5.74, 6) is -0.0185. The van der Waals surface area contributed by atoms with E-state index in [2.05, 4.69) is 0 Å². The summed E-state index contributed by atoms with van der Waals surface area (Å²) in [4.78, 5) is 38.9. The number of nitrogens with zero attached hydrogens (tertiary/aromatic N) is 2. The number of piperidine rings is 1. The van der Waals surface area contributed by atoms with E-state index in [4.69, 9.17) is 9.84 Å². The van der Waals surface area contributed by atoms with Crippen LogP contribution in [-0.2, 0) is 14.4 Å². The van der Waals surface area contributed by atoms with E-state index in [1.807, 2.05) is 29.2 Å². The molecular weight excluding hydrogens is 336 g/mol. The number of carboxylic acid groups (broad SMARTS) is 1. The molecule has 1 aromatic carbocycles. The Balaban J connectivity index is 1.55. The van der Waals surface area contributed by atoms with E-state index in [-0.39, 0.29) is 37.2 Å². The van der Waals surface area contributed by atoms with E-state index in [1.165, 1.54) is 0 Å². The van der Waals surface area contributed by atoms with Gasteiger partial charge in [0, 0.05) is 32.5 Å². The smallest absolute Gasteiger partial charge is 0.303 e. The van der Waals surface area contributed by atoms with E-state index in [0.717, 1.165) is 12.8 Å². The molecule has 1 fully saturated rings. The highest BCUT2D eigenvalue weighted by molar-refractivity contribution is 5.98. The van der Waals surface area contributed by atoms with Crippen LogP contribution in [0.15, 0.2) is 24.3 Å². The molecule has 2 heterocycles. The molecule has 7 nitrogen and oxygen atoms in total. The Morgan fingerprint density at radius 2 is 2.04 bits per heavy atom. The summed E-state index contributed by atoms with van der Waals surface area (Å²) in [6.07, 6.45) is 2.87. The SMILES string of the molecule is O=C(O)CCC1CCCN(C(=O)CCN2C(=O)COc3ccccc32)C1. The fourth-order valence-corrected chi connectivity index (χ4v) is 3.62. The maximum absolute atomic E-state index is 12.6. The molecule has 26 heavy (non-hydrogen) atoms. The third-order valence-electron chi connectivity index (χ3n) is 5.00. The van der Waals surface area contributed by atoms with Crippen molar-refractivity contribution in [1.29, 1.82) is 0 Å². The van der Waals surface area contributed by atoms with E-state index in [1.54, 1.807) is 4.90 Å². The van der Waals surface area contributed by atoms with Gasteiger partial charge in [0.25, 0.3) is 5.91 Å². The van der Waals surface area contributed by atoms with Crippen LogP contribution in [0, 0.1) is 5.92 Å². The third-order valence-corrected chi connectivity index (χ3v) is 5.00. The van der Waals surface area contributed by atoms with Crippen LogP contribution in [0.1, 0.15) is 32.1 Å². The number of hydrogen-bond donors (Lipinski definition) is 1. The maximum atomic E-state index is 12.6. The van der Waals surface area contributed by atoms with Gasteiger partial charge in [0.1, 0.15) is 5.75 Å². The summed E-state index contributed by atoms with van der Waals surface area (Å²) in [7, 11) is 0. The van der Waals surface area contributed by atoms with Gasteiger partial charge in [-0.05, 0) is 37.3 Å². The number of amides is 2. The van der Waals surface area contributed by atoms with Crippen LogP contribution >= 0.6 is 0 Å². The molecule has 0 aliphatic carbocycles. The van der Waals surface area contributed by atoms with Gasteiger partial charge in [-0.15, -0.1) is 0 Å². The van der Waals surface area contributed by atoms with Gasteiger partial charge < -0.3 is 19.6 Å². The van der Waals surface area contributed by atoms with Crippen LogP contribution in [0.4, 0.5) is 5.69 Å². The van der Waals surface area contributed by atoms with E-state index >= 15 is 0 Å². The molecule has 1 saturated heterocycles. The fraction of sp³-hybridized carbons (Fsp3) is 0.526. The van der Waals surface area contributed by atoms with Crippen LogP contribution < -0.4 is 9.64 Å². The highest BCUT2D eigenvalue weighted by atomic mass is 16.5. The number of carboxylic acids is 1. The molecule has 2 amide bonds. The van der Waals surface area contributed by atoms with Crippen LogP contribution in [0.2, 0.25) is 0 Å². The van der Waals surface area contributed by atoms with Crippen molar-refractivity contribution >= 4 is 23.5 Å². The van der Waals surface area contributed by atoms with Crippen molar-refractivity contribution in [2.45, 2.75) is 32.1 Å². The number of rotatable bonds is 6. The number of ether oxygens (including phenoxy) is 1. The van der Waals surface area contributed by atoms with Crippen molar-refractivity contribution in [3.63, 3.8) is 0 Å². The first-order chi connectivity index (χ1) is 12.5.